The molecule has 0 heterocycles. The minimum absolute atomic E-state index is 0.546. The maximum Gasteiger partial charge on any atom is 0.165 e. The van der Waals surface area contributed by atoms with E-state index in [1.165, 1.54) is 5.56 Å². The smallest absolute Gasteiger partial charge is 0.165 e. The van der Waals surface area contributed by atoms with E-state index in [-0.39, 0.29) is 0 Å². The average molecular weight is 335 g/mol. The van der Waals surface area contributed by atoms with Crippen molar-refractivity contribution in [2.45, 2.75) is 25.8 Å². The van der Waals surface area contributed by atoms with Gasteiger partial charge in [-0.1, -0.05) is 57.9 Å². The number of hydrogen-bond acceptors (Lipinski definition) is 2. The molecule has 2 aromatic carbocycles. The molecule has 2 nitrogen and oxygen atoms in total. The number of halogens is 1. The fourth-order valence-corrected chi connectivity index (χ4v) is 2.38. The zero-order chi connectivity index (χ0) is 14.4. The Labute approximate surface area is 128 Å². The quantitative estimate of drug-likeness (QED) is 0.702. The molecule has 2 rings (SSSR count). The summed E-state index contributed by atoms with van der Waals surface area (Å²) in [4.78, 5) is 0. The lowest BCUT2D eigenvalue weighted by Crippen LogP contribution is -2.02. The van der Waals surface area contributed by atoms with Gasteiger partial charge in [0.1, 0.15) is 6.61 Å². The van der Waals surface area contributed by atoms with Crippen molar-refractivity contribution in [1.29, 1.82) is 0 Å². The molecular formula is C17H19BrO2. The molecule has 0 N–H and O–H groups in total. The molecule has 0 saturated heterocycles. The number of rotatable bonds is 6. The van der Waals surface area contributed by atoms with Crippen LogP contribution in [0, 0.1) is 6.92 Å². The van der Waals surface area contributed by atoms with Crippen molar-refractivity contribution in [3.63, 3.8) is 0 Å². The summed E-state index contributed by atoms with van der Waals surface area (Å²) < 4.78 is 11.6. The fourth-order valence-electron chi connectivity index (χ4n) is 1.94. The maximum atomic E-state index is 5.98. The van der Waals surface area contributed by atoms with Gasteiger partial charge in [-0.05, 0) is 25.5 Å². The Morgan fingerprint density at radius 2 is 1.75 bits per heavy atom. The highest BCUT2D eigenvalue weighted by molar-refractivity contribution is 9.08. The minimum atomic E-state index is 0.546. The van der Waals surface area contributed by atoms with E-state index in [1.807, 2.05) is 25.1 Å². The monoisotopic (exact) mass is 334 g/mol. The first-order valence-corrected chi connectivity index (χ1v) is 7.85. The van der Waals surface area contributed by atoms with E-state index < -0.39 is 0 Å². The second kappa shape index (κ2) is 7.34. The second-order valence-electron chi connectivity index (χ2n) is 4.59. The fraction of sp³-hybridized carbons (Fsp3) is 0.294. The maximum absolute atomic E-state index is 5.98. The third kappa shape index (κ3) is 3.76. The first-order valence-electron chi connectivity index (χ1n) is 6.73. The van der Waals surface area contributed by atoms with Crippen LogP contribution in [0.4, 0.5) is 0 Å². The number of benzene rings is 2. The Balaban J connectivity index is 2.16. The van der Waals surface area contributed by atoms with Crippen LogP contribution in [-0.4, -0.2) is 6.61 Å². The predicted molar refractivity (Wildman–Crippen MR) is 85.8 cm³/mol. The Kier molecular flexibility index (Phi) is 5.48. The molecule has 0 aliphatic heterocycles. The third-order valence-electron chi connectivity index (χ3n) is 3.01. The van der Waals surface area contributed by atoms with E-state index in [1.54, 1.807) is 0 Å². The molecule has 0 aliphatic carbocycles. The van der Waals surface area contributed by atoms with Crippen molar-refractivity contribution in [2.24, 2.45) is 0 Å². The zero-order valence-corrected chi connectivity index (χ0v) is 13.4. The molecular weight excluding hydrogens is 316 g/mol. The molecule has 0 aliphatic rings. The van der Waals surface area contributed by atoms with Gasteiger partial charge < -0.3 is 9.47 Å². The Morgan fingerprint density at radius 3 is 2.40 bits per heavy atom. The summed E-state index contributed by atoms with van der Waals surface area (Å²) in [6.45, 7) is 5.24. The van der Waals surface area contributed by atoms with Crippen LogP contribution in [0.1, 0.15) is 23.6 Å². The summed E-state index contributed by atoms with van der Waals surface area (Å²) in [6.07, 6.45) is 0. The van der Waals surface area contributed by atoms with Crippen LogP contribution in [-0.2, 0) is 11.9 Å². The lowest BCUT2D eigenvalue weighted by molar-refractivity contribution is 0.267. The van der Waals surface area contributed by atoms with Gasteiger partial charge in [-0.2, -0.15) is 0 Å². The van der Waals surface area contributed by atoms with Crippen molar-refractivity contribution in [1.82, 2.24) is 0 Å². The van der Waals surface area contributed by atoms with Crippen LogP contribution in [0.15, 0.2) is 42.5 Å². The van der Waals surface area contributed by atoms with E-state index in [2.05, 4.69) is 47.1 Å². The van der Waals surface area contributed by atoms with Gasteiger partial charge in [0.05, 0.1) is 6.61 Å². The van der Waals surface area contributed by atoms with E-state index in [4.69, 9.17) is 9.47 Å². The number of alkyl halides is 1. The number of hydrogen-bond donors (Lipinski definition) is 0. The first kappa shape index (κ1) is 14.9. The van der Waals surface area contributed by atoms with Gasteiger partial charge in [-0.3, -0.25) is 0 Å². The molecule has 0 amide bonds. The van der Waals surface area contributed by atoms with Gasteiger partial charge in [0.25, 0.3) is 0 Å². The molecule has 0 radical (unpaired) electrons. The molecule has 0 atom stereocenters. The summed E-state index contributed by atoms with van der Waals surface area (Å²) in [7, 11) is 0. The van der Waals surface area contributed by atoms with Gasteiger partial charge in [0.15, 0.2) is 11.5 Å². The molecule has 0 fully saturated rings. The van der Waals surface area contributed by atoms with Crippen LogP contribution in [0.3, 0.4) is 0 Å². The average Bonchev–Trinajstić information content (AvgIpc) is 2.47. The Morgan fingerprint density at radius 1 is 1.00 bits per heavy atom. The standard InChI is InChI=1S/C17H19BrO2/c1-3-19-16-6-4-5-15(11-18)17(16)20-12-14-9-7-13(2)8-10-14/h4-10H,3,11-12H2,1-2H3. The molecule has 0 bridgehead atoms. The molecule has 0 saturated carbocycles. The van der Waals surface area contributed by atoms with Crippen molar-refractivity contribution in [2.75, 3.05) is 6.61 Å². The van der Waals surface area contributed by atoms with E-state index in [0.29, 0.717) is 13.2 Å². The number of aryl methyl sites for hydroxylation is 1. The van der Waals surface area contributed by atoms with Crippen molar-refractivity contribution < 1.29 is 9.47 Å². The largest absolute Gasteiger partial charge is 0.490 e. The molecule has 20 heavy (non-hydrogen) atoms. The molecule has 2 aromatic rings. The van der Waals surface area contributed by atoms with Crippen molar-refractivity contribution >= 4 is 15.9 Å². The highest BCUT2D eigenvalue weighted by atomic mass is 79.9. The minimum Gasteiger partial charge on any atom is -0.490 e. The first-order chi connectivity index (χ1) is 9.74. The summed E-state index contributed by atoms with van der Waals surface area (Å²) in [5.41, 5.74) is 3.51. The van der Waals surface area contributed by atoms with Gasteiger partial charge in [-0.25, -0.2) is 0 Å². The van der Waals surface area contributed by atoms with Crippen LogP contribution < -0.4 is 9.47 Å². The number of ether oxygens (including phenoxy) is 2. The van der Waals surface area contributed by atoms with Crippen LogP contribution in [0.5, 0.6) is 11.5 Å². The van der Waals surface area contributed by atoms with Gasteiger partial charge >= 0.3 is 0 Å². The van der Waals surface area contributed by atoms with Crippen LogP contribution in [0.25, 0.3) is 0 Å². The highest BCUT2D eigenvalue weighted by Gasteiger charge is 2.10. The number of para-hydroxylation sites is 1. The molecule has 3 heteroatoms. The molecule has 0 aromatic heterocycles. The Hall–Kier alpha value is -1.48. The van der Waals surface area contributed by atoms with Crippen LogP contribution in [0.2, 0.25) is 0 Å². The van der Waals surface area contributed by atoms with Gasteiger partial charge in [-0.15, -0.1) is 0 Å². The van der Waals surface area contributed by atoms with E-state index in [9.17, 15) is 0 Å². The normalized spacial score (nSPS) is 10.3. The van der Waals surface area contributed by atoms with Gasteiger partial charge in [0.2, 0.25) is 0 Å². The third-order valence-corrected chi connectivity index (χ3v) is 3.61. The van der Waals surface area contributed by atoms with Crippen molar-refractivity contribution in [3.8, 4) is 11.5 Å². The zero-order valence-electron chi connectivity index (χ0n) is 11.9. The molecule has 106 valence electrons. The van der Waals surface area contributed by atoms with Crippen molar-refractivity contribution in [3.05, 3.63) is 59.2 Å². The molecule has 0 unspecified atom stereocenters. The second-order valence-corrected chi connectivity index (χ2v) is 5.15. The summed E-state index contributed by atoms with van der Waals surface area (Å²) >= 11 is 3.49. The predicted octanol–water partition coefficient (Wildman–Crippen LogP) is 4.87. The van der Waals surface area contributed by atoms with E-state index >= 15 is 0 Å². The van der Waals surface area contributed by atoms with Gasteiger partial charge in [0, 0.05) is 10.9 Å². The lowest BCUT2D eigenvalue weighted by Gasteiger charge is -2.15. The summed E-state index contributed by atoms with van der Waals surface area (Å²) in [5, 5.41) is 0.747. The van der Waals surface area contributed by atoms with E-state index in [0.717, 1.165) is 28.0 Å². The lowest BCUT2D eigenvalue weighted by atomic mass is 10.1. The summed E-state index contributed by atoms with van der Waals surface area (Å²) in [5.74, 6) is 1.63. The SMILES string of the molecule is CCOc1cccc(CBr)c1OCc1ccc(C)cc1. The molecule has 0 spiro atoms. The summed E-state index contributed by atoms with van der Waals surface area (Å²) in [6, 6.07) is 14.3. The Bertz CT molecular complexity index is 549. The van der Waals surface area contributed by atoms with Crippen LogP contribution >= 0.6 is 15.9 Å². The highest BCUT2D eigenvalue weighted by Crippen LogP contribution is 2.33. The topological polar surface area (TPSA) is 18.5 Å².